The highest BCUT2D eigenvalue weighted by Crippen LogP contribution is 2.40. The number of carbonyl (C=O) groups excluding carboxylic acids is 2. The number of hydrogen-bond acceptors (Lipinski definition) is 5. The van der Waals surface area contributed by atoms with Crippen molar-refractivity contribution >= 4 is 11.8 Å². The molecule has 7 heteroatoms. The maximum absolute atomic E-state index is 12.3. The fraction of sp³-hybridized carbons (Fsp3) is 0.688. The highest BCUT2D eigenvalue weighted by Gasteiger charge is 2.33. The van der Waals surface area contributed by atoms with E-state index in [0.717, 1.165) is 25.1 Å². The number of hydrogen-bond donors (Lipinski definition) is 1. The average molecular weight is 320 g/mol. The van der Waals surface area contributed by atoms with E-state index >= 15 is 0 Å². The zero-order valence-corrected chi connectivity index (χ0v) is 13.9. The van der Waals surface area contributed by atoms with Gasteiger partial charge in [0.15, 0.2) is 5.69 Å². The maximum atomic E-state index is 12.3. The van der Waals surface area contributed by atoms with Crippen molar-refractivity contribution in [1.82, 2.24) is 20.3 Å². The zero-order chi connectivity index (χ0) is 16.6. The van der Waals surface area contributed by atoms with Crippen LogP contribution < -0.4 is 5.32 Å². The second-order valence-electron chi connectivity index (χ2n) is 6.93. The molecule has 1 aromatic heterocycles. The third-order valence-electron chi connectivity index (χ3n) is 4.60. The van der Waals surface area contributed by atoms with Gasteiger partial charge in [-0.25, -0.2) is 0 Å². The molecule has 2 amide bonds. The third kappa shape index (κ3) is 3.72. The summed E-state index contributed by atoms with van der Waals surface area (Å²) in [5, 5.41) is 6.90. The van der Waals surface area contributed by atoms with Gasteiger partial charge in [-0.15, -0.1) is 0 Å². The van der Waals surface area contributed by atoms with E-state index in [0.29, 0.717) is 30.6 Å². The third-order valence-corrected chi connectivity index (χ3v) is 4.60. The molecule has 126 valence electrons. The van der Waals surface area contributed by atoms with Gasteiger partial charge in [-0.05, 0) is 18.8 Å². The van der Waals surface area contributed by atoms with Gasteiger partial charge in [0, 0.05) is 45.2 Å². The fourth-order valence-electron chi connectivity index (χ4n) is 2.92. The van der Waals surface area contributed by atoms with Crippen LogP contribution in [0, 0.1) is 5.92 Å². The lowest BCUT2D eigenvalue weighted by Crippen LogP contribution is -2.41. The van der Waals surface area contributed by atoms with E-state index in [2.05, 4.69) is 22.3 Å². The van der Waals surface area contributed by atoms with Crippen molar-refractivity contribution in [2.45, 2.75) is 31.7 Å². The van der Waals surface area contributed by atoms with Gasteiger partial charge in [-0.3, -0.25) is 14.5 Å². The van der Waals surface area contributed by atoms with E-state index in [9.17, 15) is 9.59 Å². The lowest BCUT2D eigenvalue weighted by atomic mass is 10.1. The lowest BCUT2D eigenvalue weighted by Gasteiger charge is -2.18. The van der Waals surface area contributed by atoms with Crippen LogP contribution in [0.5, 0.6) is 0 Å². The monoisotopic (exact) mass is 320 g/mol. The molecule has 2 fully saturated rings. The first-order chi connectivity index (χ1) is 10.9. The molecule has 0 radical (unpaired) electrons. The van der Waals surface area contributed by atoms with Crippen LogP contribution >= 0.6 is 0 Å². The normalized spacial score (nSPS) is 24.7. The van der Waals surface area contributed by atoms with Gasteiger partial charge in [-0.2, -0.15) is 0 Å². The van der Waals surface area contributed by atoms with Gasteiger partial charge in [-0.1, -0.05) is 12.1 Å². The van der Waals surface area contributed by atoms with Crippen LogP contribution in [0.4, 0.5) is 0 Å². The quantitative estimate of drug-likeness (QED) is 0.863. The Balaban J connectivity index is 1.54. The Labute approximate surface area is 136 Å². The molecule has 1 saturated carbocycles. The van der Waals surface area contributed by atoms with Gasteiger partial charge in [0.1, 0.15) is 5.76 Å². The van der Waals surface area contributed by atoms with Crippen LogP contribution in [0.1, 0.15) is 41.9 Å². The molecule has 2 atom stereocenters. The molecule has 0 aromatic carbocycles. The molecule has 1 aromatic rings. The Bertz CT molecular complexity index is 594. The van der Waals surface area contributed by atoms with Crippen molar-refractivity contribution in [3.8, 4) is 0 Å². The molecule has 23 heavy (non-hydrogen) atoms. The Kier molecular flexibility index (Phi) is 4.39. The van der Waals surface area contributed by atoms with Crippen LogP contribution in [0.25, 0.3) is 0 Å². The number of carbonyl (C=O) groups is 2. The number of aromatic nitrogens is 1. The van der Waals surface area contributed by atoms with Gasteiger partial charge >= 0.3 is 0 Å². The lowest BCUT2D eigenvalue weighted by molar-refractivity contribution is -0.129. The summed E-state index contributed by atoms with van der Waals surface area (Å²) in [4.78, 5) is 27.8. The highest BCUT2D eigenvalue weighted by atomic mass is 16.5. The number of nitrogens with zero attached hydrogens (tertiary/aromatic N) is 3. The molecule has 1 saturated heterocycles. The van der Waals surface area contributed by atoms with Crippen molar-refractivity contribution in [2.75, 3.05) is 33.7 Å². The van der Waals surface area contributed by atoms with Crippen LogP contribution in [0.2, 0.25) is 0 Å². The van der Waals surface area contributed by atoms with Gasteiger partial charge in [0.05, 0.1) is 6.54 Å². The number of likely N-dealkylation sites (N-methyl/N-ethyl adjacent to an activating group) is 1. The molecule has 0 bridgehead atoms. The van der Waals surface area contributed by atoms with Crippen LogP contribution in [0.3, 0.4) is 0 Å². The largest absolute Gasteiger partial charge is 0.360 e. The van der Waals surface area contributed by atoms with Crippen molar-refractivity contribution < 1.29 is 14.1 Å². The standard InChI is InChI=1S/C16H24N4O3/c1-10-7-20(9-15(21)19(2)3)8-13(10)17-16(22)12-6-14(23-18-12)11-4-5-11/h6,10-11,13H,4-5,7-9H2,1-3H3,(H,17,22)/t10-,13-/m0/s1. The molecule has 2 heterocycles. The Morgan fingerprint density at radius 1 is 1.39 bits per heavy atom. The minimum Gasteiger partial charge on any atom is -0.360 e. The number of rotatable bonds is 5. The SMILES string of the molecule is C[C@H]1CN(CC(=O)N(C)C)C[C@@H]1NC(=O)c1cc(C2CC2)on1. The summed E-state index contributed by atoms with van der Waals surface area (Å²) in [6.07, 6.45) is 2.23. The maximum Gasteiger partial charge on any atom is 0.273 e. The van der Waals surface area contributed by atoms with Gasteiger partial charge < -0.3 is 14.7 Å². The number of amides is 2. The van der Waals surface area contributed by atoms with Crippen LogP contribution in [-0.2, 0) is 4.79 Å². The average Bonchev–Trinajstić information content (AvgIpc) is 3.12. The predicted octanol–water partition coefficient (Wildman–Crippen LogP) is 0.690. The predicted molar refractivity (Wildman–Crippen MR) is 84.0 cm³/mol. The molecule has 3 rings (SSSR count). The Morgan fingerprint density at radius 2 is 2.13 bits per heavy atom. The van der Waals surface area contributed by atoms with Crippen molar-refractivity contribution in [2.24, 2.45) is 5.92 Å². The summed E-state index contributed by atoms with van der Waals surface area (Å²) < 4.78 is 5.23. The summed E-state index contributed by atoms with van der Waals surface area (Å²) in [6, 6.07) is 1.78. The first kappa shape index (κ1) is 16.0. The molecule has 1 aliphatic heterocycles. The number of likely N-dealkylation sites (tertiary alicyclic amines) is 1. The van der Waals surface area contributed by atoms with Crippen molar-refractivity contribution in [3.05, 3.63) is 17.5 Å². The van der Waals surface area contributed by atoms with E-state index in [1.807, 2.05) is 0 Å². The summed E-state index contributed by atoms with van der Waals surface area (Å²) in [7, 11) is 3.51. The molecule has 1 N–H and O–H groups in total. The Hall–Kier alpha value is -1.89. The van der Waals surface area contributed by atoms with E-state index in [-0.39, 0.29) is 17.9 Å². The number of nitrogens with one attached hydrogen (secondary N) is 1. The summed E-state index contributed by atoms with van der Waals surface area (Å²) in [6.45, 7) is 3.96. The molecule has 2 aliphatic rings. The molecule has 1 aliphatic carbocycles. The highest BCUT2D eigenvalue weighted by molar-refractivity contribution is 5.92. The fourth-order valence-corrected chi connectivity index (χ4v) is 2.92. The van der Waals surface area contributed by atoms with Crippen molar-refractivity contribution in [1.29, 1.82) is 0 Å². The molecule has 7 nitrogen and oxygen atoms in total. The summed E-state index contributed by atoms with van der Waals surface area (Å²) in [5.74, 6) is 1.44. The van der Waals surface area contributed by atoms with E-state index in [1.165, 1.54) is 0 Å². The Morgan fingerprint density at radius 3 is 2.78 bits per heavy atom. The second-order valence-corrected chi connectivity index (χ2v) is 6.93. The summed E-state index contributed by atoms with van der Waals surface area (Å²) >= 11 is 0. The minimum atomic E-state index is -0.196. The summed E-state index contributed by atoms with van der Waals surface area (Å²) in [5.41, 5.74) is 0.349. The topological polar surface area (TPSA) is 78.7 Å². The molecular formula is C16H24N4O3. The minimum absolute atomic E-state index is 0.0264. The smallest absolute Gasteiger partial charge is 0.273 e. The first-order valence-electron chi connectivity index (χ1n) is 8.14. The van der Waals surface area contributed by atoms with E-state index in [4.69, 9.17) is 4.52 Å². The second kappa shape index (κ2) is 6.31. The van der Waals surface area contributed by atoms with E-state index in [1.54, 1.807) is 25.1 Å². The zero-order valence-electron chi connectivity index (χ0n) is 13.9. The van der Waals surface area contributed by atoms with Crippen molar-refractivity contribution in [3.63, 3.8) is 0 Å². The van der Waals surface area contributed by atoms with Gasteiger partial charge in [0.2, 0.25) is 5.91 Å². The van der Waals surface area contributed by atoms with E-state index < -0.39 is 0 Å². The van der Waals surface area contributed by atoms with Crippen LogP contribution in [-0.4, -0.2) is 66.5 Å². The molecule has 0 unspecified atom stereocenters. The first-order valence-corrected chi connectivity index (χ1v) is 8.14. The van der Waals surface area contributed by atoms with Crippen LogP contribution in [0.15, 0.2) is 10.6 Å². The van der Waals surface area contributed by atoms with Gasteiger partial charge in [0.25, 0.3) is 5.91 Å². The molecule has 0 spiro atoms. The molecular weight excluding hydrogens is 296 g/mol.